The monoisotopic (exact) mass is 425 g/mol. The molecule has 1 atom stereocenters. The van der Waals surface area contributed by atoms with E-state index in [4.69, 9.17) is 5.26 Å². The van der Waals surface area contributed by atoms with Gasteiger partial charge in [-0.25, -0.2) is 8.78 Å². The van der Waals surface area contributed by atoms with Crippen molar-refractivity contribution in [3.8, 4) is 17.2 Å². The summed E-state index contributed by atoms with van der Waals surface area (Å²) in [6.07, 6.45) is 13.3. The molecule has 0 radical (unpaired) electrons. The maximum absolute atomic E-state index is 14.0. The molecule has 30 heavy (non-hydrogen) atoms. The minimum Gasteiger partial charge on any atom is -0.206 e. The summed E-state index contributed by atoms with van der Waals surface area (Å²) in [4.78, 5) is -0.258. The maximum atomic E-state index is 14.0. The van der Waals surface area contributed by atoms with Gasteiger partial charge in [0.2, 0.25) is 0 Å². The van der Waals surface area contributed by atoms with Gasteiger partial charge >= 0.3 is 0 Å². The minimum absolute atomic E-state index is 0.258. The molecule has 0 N–H and O–H groups in total. The number of rotatable bonds is 3. The average molecular weight is 426 g/mol. The van der Waals surface area contributed by atoms with Gasteiger partial charge in [-0.3, -0.25) is 0 Å². The Morgan fingerprint density at radius 2 is 1.47 bits per heavy atom. The predicted molar refractivity (Wildman–Crippen MR) is 118 cm³/mol. The molecule has 0 heterocycles. The molecule has 1 aromatic rings. The van der Waals surface area contributed by atoms with Crippen molar-refractivity contribution in [1.82, 2.24) is 0 Å². The Hall–Kier alpha value is -1.78. The summed E-state index contributed by atoms with van der Waals surface area (Å²) < 4.78 is 28.0. The smallest absolute Gasteiger partial charge is 0.142 e. The van der Waals surface area contributed by atoms with Crippen LogP contribution in [0.1, 0.15) is 76.7 Å². The third-order valence-corrected chi connectivity index (χ3v) is 8.34. The first kappa shape index (κ1) is 21.5. The van der Waals surface area contributed by atoms with Crippen molar-refractivity contribution in [3.63, 3.8) is 0 Å². The summed E-state index contributed by atoms with van der Waals surface area (Å²) in [6.45, 7) is 2.17. The zero-order chi connectivity index (χ0) is 21.1. The van der Waals surface area contributed by atoms with Crippen LogP contribution in [0.2, 0.25) is 0 Å². The molecule has 2 saturated carbocycles. The van der Waals surface area contributed by atoms with E-state index in [0.29, 0.717) is 17.3 Å². The molecule has 4 rings (SSSR count). The van der Waals surface area contributed by atoms with E-state index >= 15 is 0 Å². The predicted octanol–water partition coefficient (Wildman–Crippen LogP) is 7.61. The van der Waals surface area contributed by atoms with Gasteiger partial charge in [0.15, 0.2) is 0 Å². The normalized spacial score (nSPS) is 27.1. The molecule has 4 heteroatoms. The van der Waals surface area contributed by atoms with E-state index in [1.165, 1.54) is 69.1 Å². The van der Waals surface area contributed by atoms with E-state index in [-0.39, 0.29) is 4.90 Å². The van der Waals surface area contributed by atoms with E-state index < -0.39 is 11.6 Å². The molecule has 2 fully saturated rings. The lowest BCUT2D eigenvalue weighted by Crippen LogP contribution is -2.29. The van der Waals surface area contributed by atoms with E-state index in [0.717, 1.165) is 42.1 Å². The number of benzene rings is 1. The highest BCUT2D eigenvalue weighted by Crippen LogP contribution is 2.46. The second-order valence-corrected chi connectivity index (χ2v) is 10.1. The van der Waals surface area contributed by atoms with Gasteiger partial charge in [0.05, 0.1) is 4.90 Å². The number of hydrogen-bond acceptors (Lipinski definition) is 2. The fourth-order valence-electron chi connectivity index (χ4n) is 5.66. The van der Waals surface area contributed by atoms with Crippen molar-refractivity contribution in [2.45, 2.75) is 76.0 Å². The van der Waals surface area contributed by atoms with Crippen LogP contribution < -0.4 is 0 Å². The van der Waals surface area contributed by atoms with E-state index in [9.17, 15) is 8.78 Å². The number of halogens is 2. The Bertz CT molecular complexity index is 898. The number of thiocyanates is 1. The van der Waals surface area contributed by atoms with Crippen LogP contribution >= 0.6 is 11.8 Å². The van der Waals surface area contributed by atoms with Gasteiger partial charge < -0.3 is 0 Å². The van der Waals surface area contributed by atoms with E-state index in [1.807, 2.05) is 0 Å². The summed E-state index contributed by atoms with van der Waals surface area (Å²) in [7, 11) is 0. The van der Waals surface area contributed by atoms with Crippen LogP contribution in [0.15, 0.2) is 28.2 Å². The molecule has 1 unspecified atom stereocenters. The van der Waals surface area contributed by atoms with Crippen LogP contribution in [-0.2, 0) is 0 Å². The first-order valence-electron chi connectivity index (χ1n) is 11.3. The van der Waals surface area contributed by atoms with Crippen molar-refractivity contribution < 1.29 is 8.78 Å². The lowest BCUT2D eigenvalue weighted by Gasteiger charge is -2.41. The molecule has 1 aromatic carbocycles. The van der Waals surface area contributed by atoms with Crippen LogP contribution in [0.25, 0.3) is 0 Å². The third-order valence-electron chi connectivity index (χ3n) is 7.65. The van der Waals surface area contributed by atoms with Gasteiger partial charge in [-0.1, -0.05) is 36.7 Å². The quantitative estimate of drug-likeness (QED) is 0.283. The molecule has 0 aromatic heterocycles. The van der Waals surface area contributed by atoms with Crippen molar-refractivity contribution in [1.29, 1.82) is 5.26 Å². The van der Waals surface area contributed by atoms with Gasteiger partial charge in [0.1, 0.15) is 17.0 Å². The Morgan fingerprint density at radius 3 is 2.00 bits per heavy atom. The Balaban J connectivity index is 1.38. The van der Waals surface area contributed by atoms with Crippen LogP contribution in [0.5, 0.6) is 0 Å². The fraction of sp³-hybridized carbons (Fsp3) is 0.577. The molecular formula is C26H29F2NS. The molecular weight excluding hydrogens is 396 g/mol. The van der Waals surface area contributed by atoms with Gasteiger partial charge in [-0.05, 0) is 99.4 Å². The largest absolute Gasteiger partial charge is 0.206 e. The third kappa shape index (κ3) is 4.76. The summed E-state index contributed by atoms with van der Waals surface area (Å²) in [5.41, 5.74) is 2.80. The first-order chi connectivity index (χ1) is 14.5. The highest BCUT2D eigenvalue weighted by molar-refractivity contribution is 8.03. The highest BCUT2D eigenvalue weighted by Gasteiger charge is 2.34. The minimum atomic E-state index is -0.724. The molecule has 158 valence electrons. The lowest BCUT2D eigenvalue weighted by molar-refractivity contribution is 0.113. The van der Waals surface area contributed by atoms with Crippen molar-refractivity contribution in [2.75, 3.05) is 0 Å². The lowest BCUT2D eigenvalue weighted by atomic mass is 9.64. The zero-order valence-electron chi connectivity index (χ0n) is 17.6. The molecule has 0 aliphatic heterocycles. The Labute approximate surface area is 183 Å². The SMILES string of the molecule is CC1=C(C#Cc2cc(F)c(SC#N)c(F)c2)CCC(C2CCC(C3CCC3)CC2)C1. The maximum Gasteiger partial charge on any atom is 0.142 e. The number of thioether (sulfide) groups is 1. The second-order valence-electron chi connectivity index (χ2n) is 9.34. The zero-order valence-corrected chi connectivity index (χ0v) is 18.5. The van der Waals surface area contributed by atoms with Crippen LogP contribution in [0.4, 0.5) is 8.78 Å². The number of nitriles is 1. The number of allylic oxidation sites excluding steroid dienone is 2. The topological polar surface area (TPSA) is 23.8 Å². The van der Waals surface area contributed by atoms with Gasteiger partial charge in [-0.15, -0.1) is 0 Å². The van der Waals surface area contributed by atoms with E-state index in [2.05, 4.69) is 18.8 Å². The van der Waals surface area contributed by atoms with E-state index in [1.54, 1.807) is 5.40 Å². The highest BCUT2D eigenvalue weighted by atomic mass is 32.2. The average Bonchev–Trinajstić information content (AvgIpc) is 2.69. The van der Waals surface area contributed by atoms with Crippen LogP contribution in [-0.4, -0.2) is 0 Å². The molecule has 1 nitrogen and oxygen atoms in total. The molecule has 0 spiro atoms. The summed E-state index contributed by atoms with van der Waals surface area (Å²) in [5.74, 6) is 8.33. The fourth-order valence-corrected chi connectivity index (χ4v) is 6.06. The molecule has 0 bridgehead atoms. The molecule has 0 saturated heterocycles. The van der Waals surface area contributed by atoms with Crippen molar-refractivity contribution in [2.24, 2.45) is 23.7 Å². The van der Waals surface area contributed by atoms with Gasteiger partial charge in [-0.2, -0.15) is 5.26 Å². The van der Waals surface area contributed by atoms with Crippen LogP contribution in [0, 0.1) is 57.8 Å². The number of hydrogen-bond donors (Lipinski definition) is 0. The first-order valence-corrected chi connectivity index (χ1v) is 12.1. The Morgan fingerprint density at radius 1 is 0.867 bits per heavy atom. The molecule has 3 aliphatic carbocycles. The second kappa shape index (κ2) is 9.57. The van der Waals surface area contributed by atoms with Gasteiger partial charge in [0.25, 0.3) is 0 Å². The van der Waals surface area contributed by atoms with Crippen molar-refractivity contribution in [3.05, 3.63) is 40.5 Å². The standard InChI is InChI=1S/C26H29F2NS/c1-17-13-23(22-10-8-21(9-11-22)20-3-2-4-20)12-7-19(17)6-5-18-14-24(27)26(30-16-29)25(28)15-18/h14-15,20-23H,2-4,7-13H2,1H3. The Kier molecular flexibility index (Phi) is 6.84. The van der Waals surface area contributed by atoms with Crippen molar-refractivity contribution >= 4 is 11.8 Å². The summed E-state index contributed by atoms with van der Waals surface area (Å²) in [5, 5.41) is 10.4. The summed E-state index contributed by atoms with van der Waals surface area (Å²) in [6, 6.07) is 2.44. The molecule has 3 aliphatic rings. The van der Waals surface area contributed by atoms with Crippen LogP contribution in [0.3, 0.4) is 0 Å². The van der Waals surface area contributed by atoms with Gasteiger partial charge in [0, 0.05) is 11.1 Å². The number of nitrogens with zero attached hydrogens (tertiary/aromatic N) is 1. The summed E-state index contributed by atoms with van der Waals surface area (Å²) >= 11 is 0.502. The molecule has 0 amide bonds.